The second kappa shape index (κ2) is 6.93. The van der Waals surface area contributed by atoms with Crippen molar-refractivity contribution >= 4 is 0 Å². The number of rotatable bonds is 5. The molecule has 0 aliphatic heterocycles. The highest BCUT2D eigenvalue weighted by molar-refractivity contribution is 5.70. The predicted octanol–water partition coefficient (Wildman–Crippen LogP) is 4.47. The van der Waals surface area contributed by atoms with Crippen LogP contribution in [0.4, 0.5) is 0 Å². The van der Waals surface area contributed by atoms with Crippen LogP contribution in [0.25, 0.3) is 11.1 Å². The Kier molecular flexibility index (Phi) is 5.19. The third kappa shape index (κ3) is 3.30. The molecule has 1 atom stereocenters. The number of hydrogen-bond acceptors (Lipinski definition) is 3. The minimum Gasteiger partial charge on any atom is -0.496 e. The van der Waals surface area contributed by atoms with Gasteiger partial charge in [-0.25, -0.2) is 0 Å². The Morgan fingerprint density at radius 1 is 1.09 bits per heavy atom. The Labute approximate surface area is 133 Å². The van der Waals surface area contributed by atoms with Gasteiger partial charge in [0, 0.05) is 24.0 Å². The maximum Gasteiger partial charge on any atom is 0.122 e. The lowest BCUT2D eigenvalue weighted by Crippen LogP contribution is -2.12. The molecule has 1 aromatic carbocycles. The van der Waals surface area contributed by atoms with Crippen molar-refractivity contribution in [1.82, 2.24) is 10.3 Å². The predicted molar refractivity (Wildman–Crippen MR) is 92.5 cm³/mol. The second-order valence-corrected chi connectivity index (χ2v) is 6.08. The van der Waals surface area contributed by atoms with Crippen LogP contribution in [0.5, 0.6) is 5.75 Å². The average molecular weight is 298 g/mol. The van der Waals surface area contributed by atoms with Crippen molar-refractivity contribution in [2.24, 2.45) is 0 Å². The van der Waals surface area contributed by atoms with Crippen molar-refractivity contribution in [3.05, 3.63) is 47.3 Å². The van der Waals surface area contributed by atoms with Crippen LogP contribution in [0.15, 0.2) is 30.6 Å². The maximum atomic E-state index is 5.53. The zero-order valence-corrected chi connectivity index (χ0v) is 14.4. The Morgan fingerprint density at radius 2 is 1.82 bits per heavy atom. The van der Waals surface area contributed by atoms with Crippen molar-refractivity contribution in [3.8, 4) is 16.9 Å². The van der Waals surface area contributed by atoms with Gasteiger partial charge < -0.3 is 10.1 Å². The summed E-state index contributed by atoms with van der Waals surface area (Å²) in [5, 5.41) is 3.26. The van der Waals surface area contributed by atoms with E-state index in [4.69, 9.17) is 4.74 Å². The summed E-state index contributed by atoms with van der Waals surface area (Å²) in [7, 11) is 3.70. The summed E-state index contributed by atoms with van der Waals surface area (Å²) in [6.07, 6.45) is 3.86. The molecule has 0 bridgehead atoms. The standard InChI is InChI=1S/C19H26N2O/c1-12(2)17-9-18(13(3)7-19(17)22-6)16-8-15(10-21-11-16)14(4)20-5/h7-12,14,20H,1-6H3. The number of aromatic nitrogens is 1. The lowest BCUT2D eigenvalue weighted by Gasteiger charge is -2.17. The number of methoxy groups -OCH3 is 1. The van der Waals surface area contributed by atoms with Gasteiger partial charge in [-0.05, 0) is 67.3 Å². The molecule has 0 saturated carbocycles. The molecule has 0 saturated heterocycles. The molecular weight excluding hydrogens is 272 g/mol. The van der Waals surface area contributed by atoms with Crippen molar-refractivity contribution in [2.45, 2.75) is 39.7 Å². The molecule has 1 N–H and O–H groups in total. The highest BCUT2D eigenvalue weighted by Gasteiger charge is 2.13. The lowest BCUT2D eigenvalue weighted by atomic mass is 9.92. The largest absolute Gasteiger partial charge is 0.496 e. The number of nitrogens with one attached hydrogen (secondary N) is 1. The van der Waals surface area contributed by atoms with Crippen LogP contribution < -0.4 is 10.1 Å². The van der Waals surface area contributed by atoms with Gasteiger partial charge in [-0.15, -0.1) is 0 Å². The first-order valence-electron chi connectivity index (χ1n) is 7.79. The van der Waals surface area contributed by atoms with Gasteiger partial charge in [0.05, 0.1) is 7.11 Å². The summed E-state index contributed by atoms with van der Waals surface area (Å²) in [5.74, 6) is 1.38. The second-order valence-electron chi connectivity index (χ2n) is 6.08. The molecule has 0 aliphatic carbocycles. The summed E-state index contributed by atoms with van der Waals surface area (Å²) in [4.78, 5) is 4.42. The Bertz CT molecular complexity index is 650. The van der Waals surface area contributed by atoms with E-state index < -0.39 is 0 Å². The van der Waals surface area contributed by atoms with Gasteiger partial charge in [0.2, 0.25) is 0 Å². The smallest absolute Gasteiger partial charge is 0.122 e. The molecule has 2 rings (SSSR count). The number of pyridine rings is 1. The Balaban J connectivity index is 2.55. The van der Waals surface area contributed by atoms with E-state index in [1.54, 1.807) is 7.11 Å². The van der Waals surface area contributed by atoms with Crippen molar-refractivity contribution in [3.63, 3.8) is 0 Å². The first kappa shape index (κ1) is 16.5. The molecule has 0 fully saturated rings. The molecular formula is C19H26N2O. The third-order valence-corrected chi connectivity index (χ3v) is 4.20. The zero-order chi connectivity index (χ0) is 16.3. The number of aryl methyl sites for hydroxylation is 1. The minimum atomic E-state index is 0.288. The summed E-state index contributed by atoms with van der Waals surface area (Å²) < 4.78 is 5.53. The van der Waals surface area contributed by atoms with Crippen LogP contribution in [-0.2, 0) is 0 Å². The highest BCUT2D eigenvalue weighted by atomic mass is 16.5. The van der Waals surface area contributed by atoms with Gasteiger partial charge in [0.15, 0.2) is 0 Å². The molecule has 0 amide bonds. The highest BCUT2D eigenvalue weighted by Crippen LogP contribution is 2.34. The fourth-order valence-corrected chi connectivity index (χ4v) is 2.65. The number of benzene rings is 1. The SMILES string of the molecule is CNC(C)c1cncc(-c2cc(C(C)C)c(OC)cc2C)c1. The molecule has 1 unspecified atom stereocenters. The summed E-state index contributed by atoms with van der Waals surface area (Å²) in [5.41, 5.74) is 6.01. The molecule has 118 valence electrons. The first-order chi connectivity index (χ1) is 10.5. The molecule has 3 nitrogen and oxygen atoms in total. The van der Waals surface area contributed by atoms with E-state index in [1.807, 2.05) is 19.4 Å². The van der Waals surface area contributed by atoms with Crippen LogP contribution in [-0.4, -0.2) is 19.1 Å². The minimum absolute atomic E-state index is 0.288. The van der Waals surface area contributed by atoms with Gasteiger partial charge in [-0.2, -0.15) is 0 Å². The van der Waals surface area contributed by atoms with Crippen molar-refractivity contribution in [1.29, 1.82) is 0 Å². The molecule has 2 aromatic rings. The normalized spacial score (nSPS) is 12.5. The Hall–Kier alpha value is -1.87. The molecule has 1 aromatic heterocycles. The molecule has 0 radical (unpaired) electrons. The van der Waals surface area contributed by atoms with E-state index >= 15 is 0 Å². The van der Waals surface area contributed by atoms with Crippen LogP contribution >= 0.6 is 0 Å². The van der Waals surface area contributed by atoms with E-state index in [1.165, 1.54) is 22.3 Å². The zero-order valence-electron chi connectivity index (χ0n) is 14.4. The van der Waals surface area contributed by atoms with Crippen LogP contribution in [0.1, 0.15) is 49.4 Å². The lowest BCUT2D eigenvalue weighted by molar-refractivity contribution is 0.407. The van der Waals surface area contributed by atoms with Gasteiger partial charge in [-0.1, -0.05) is 13.8 Å². The number of hydrogen-bond donors (Lipinski definition) is 1. The van der Waals surface area contributed by atoms with Crippen LogP contribution in [0.3, 0.4) is 0 Å². The van der Waals surface area contributed by atoms with Gasteiger partial charge in [-0.3, -0.25) is 4.98 Å². The first-order valence-corrected chi connectivity index (χ1v) is 7.79. The van der Waals surface area contributed by atoms with E-state index in [2.05, 4.69) is 56.2 Å². The van der Waals surface area contributed by atoms with Crippen LogP contribution in [0.2, 0.25) is 0 Å². The van der Waals surface area contributed by atoms with E-state index in [9.17, 15) is 0 Å². The fraction of sp³-hybridized carbons (Fsp3) is 0.421. The third-order valence-electron chi connectivity index (χ3n) is 4.20. The van der Waals surface area contributed by atoms with Crippen LogP contribution in [0, 0.1) is 6.92 Å². The molecule has 22 heavy (non-hydrogen) atoms. The van der Waals surface area contributed by atoms with E-state index in [0.29, 0.717) is 5.92 Å². The number of nitrogens with zero attached hydrogens (tertiary/aromatic N) is 1. The average Bonchev–Trinajstić information content (AvgIpc) is 2.53. The summed E-state index contributed by atoms with van der Waals surface area (Å²) in [6, 6.07) is 6.87. The summed E-state index contributed by atoms with van der Waals surface area (Å²) >= 11 is 0. The summed E-state index contributed by atoms with van der Waals surface area (Å²) in [6.45, 7) is 8.64. The topological polar surface area (TPSA) is 34.2 Å². The van der Waals surface area contributed by atoms with Crippen molar-refractivity contribution < 1.29 is 4.74 Å². The van der Waals surface area contributed by atoms with Gasteiger partial charge in [0.25, 0.3) is 0 Å². The fourth-order valence-electron chi connectivity index (χ4n) is 2.65. The van der Waals surface area contributed by atoms with Crippen molar-refractivity contribution in [2.75, 3.05) is 14.2 Å². The number of ether oxygens (including phenoxy) is 1. The Morgan fingerprint density at radius 3 is 2.41 bits per heavy atom. The van der Waals surface area contributed by atoms with E-state index in [0.717, 1.165) is 11.3 Å². The quantitative estimate of drug-likeness (QED) is 0.884. The maximum absolute atomic E-state index is 5.53. The van der Waals surface area contributed by atoms with E-state index in [-0.39, 0.29) is 6.04 Å². The molecule has 3 heteroatoms. The monoisotopic (exact) mass is 298 g/mol. The molecule has 0 aliphatic rings. The van der Waals surface area contributed by atoms with Gasteiger partial charge in [0.1, 0.15) is 5.75 Å². The van der Waals surface area contributed by atoms with Gasteiger partial charge >= 0.3 is 0 Å². The molecule has 1 heterocycles. The molecule has 0 spiro atoms.